The Kier molecular flexibility index (Phi) is 6.89. The number of piperazine rings is 1. The molecule has 2 amide bonds. The number of halogens is 1. The van der Waals surface area contributed by atoms with E-state index in [4.69, 9.17) is 0 Å². The minimum atomic E-state index is -0.568. The molecule has 134 valence electrons. The standard InChI is InChI=1S/C19H24FN3O2/c1-3-9-22(10-4-2)18(24)13-17-19(25)21-8-11-23(17)14-15-6-5-7-16(20)12-15/h3-7,12,17H,1-2,8-11,13-14H2,(H,21,25). The van der Waals surface area contributed by atoms with Gasteiger partial charge < -0.3 is 10.2 Å². The van der Waals surface area contributed by atoms with E-state index >= 15 is 0 Å². The second-order valence-electron chi connectivity index (χ2n) is 5.99. The number of hydrogen-bond donors (Lipinski definition) is 1. The summed E-state index contributed by atoms with van der Waals surface area (Å²) in [5.41, 5.74) is 0.779. The zero-order valence-corrected chi connectivity index (χ0v) is 14.3. The summed E-state index contributed by atoms with van der Waals surface area (Å²) in [5.74, 6) is -0.617. The maximum Gasteiger partial charge on any atom is 0.237 e. The Balaban J connectivity index is 2.10. The van der Waals surface area contributed by atoms with Crippen LogP contribution < -0.4 is 5.32 Å². The Labute approximate surface area is 147 Å². The van der Waals surface area contributed by atoms with Crippen LogP contribution in [0, 0.1) is 5.82 Å². The molecule has 1 atom stereocenters. The normalized spacial score (nSPS) is 17.6. The number of carbonyl (C=O) groups is 2. The Morgan fingerprint density at radius 1 is 1.36 bits per heavy atom. The fraction of sp³-hybridized carbons (Fsp3) is 0.368. The van der Waals surface area contributed by atoms with Crippen molar-refractivity contribution in [2.75, 3.05) is 26.2 Å². The summed E-state index contributed by atoms with van der Waals surface area (Å²) in [5, 5.41) is 2.80. The first-order valence-corrected chi connectivity index (χ1v) is 8.31. The molecule has 1 N–H and O–H groups in total. The first kappa shape index (κ1) is 18.9. The highest BCUT2D eigenvalue weighted by Crippen LogP contribution is 2.16. The molecular weight excluding hydrogens is 321 g/mol. The zero-order valence-electron chi connectivity index (χ0n) is 14.3. The lowest BCUT2D eigenvalue weighted by Gasteiger charge is -2.35. The fourth-order valence-corrected chi connectivity index (χ4v) is 2.93. The molecule has 0 bridgehead atoms. The molecule has 0 radical (unpaired) electrons. The zero-order chi connectivity index (χ0) is 18.2. The van der Waals surface area contributed by atoms with Crippen molar-refractivity contribution in [3.05, 3.63) is 61.0 Å². The third kappa shape index (κ3) is 5.26. The van der Waals surface area contributed by atoms with Crippen molar-refractivity contribution in [1.29, 1.82) is 0 Å². The van der Waals surface area contributed by atoms with Crippen molar-refractivity contribution < 1.29 is 14.0 Å². The van der Waals surface area contributed by atoms with Crippen LogP contribution in [-0.2, 0) is 16.1 Å². The molecule has 0 saturated carbocycles. The van der Waals surface area contributed by atoms with E-state index < -0.39 is 6.04 Å². The predicted molar refractivity (Wildman–Crippen MR) is 95.2 cm³/mol. The van der Waals surface area contributed by atoms with Crippen LogP contribution in [-0.4, -0.2) is 53.8 Å². The molecule has 1 heterocycles. The SMILES string of the molecule is C=CCN(CC=C)C(=O)CC1C(=O)NCCN1Cc1cccc(F)c1. The number of carbonyl (C=O) groups excluding carboxylic acids is 2. The molecule has 0 aliphatic carbocycles. The Morgan fingerprint density at radius 3 is 2.72 bits per heavy atom. The van der Waals surface area contributed by atoms with Gasteiger partial charge in [-0.15, -0.1) is 13.2 Å². The van der Waals surface area contributed by atoms with Gasteiger partial charge in [-0.25, -0.2) is 4.39 Å². The van der Waals surface area contributed by atoms with E-state index in [0.29, 0.717) is 32.7 Å². The second-order valence-corrected chi connectivity index (χ2v) is 5.99. The van der Waals surface area contributed by atoms with Crippen molar-refractivity contribution >= 4 is 11.8 Å². The first-order valence-electron chi connectivity index (χ1n) is 8.31. The summed E-state index contributed by atoms with van der Waals surface area (Å²) in [6.45, 7) is 9.67. The third-order valence-electron chi connectivity index (χ3n) is 4.14. The average molecular weight is 345 g/mol. The number of nitrogens with one attached hydrogen (secondary N) is 1. The van der Waals surface area contributed by atoms with Crippen LogP contribution in [0.5, 0.6) is 0 Å². The topological polar surface area (TPSA) is 52.7 Å². The summed E-state index contributed by atoms with van der Waals surface area (Å²) in [6, 6.07) is 5.73. The summed E-state index contributed by atoms with van der Waals surface area (Å²) in [4.78, 5) is 28.4. The van der Waals surface area contributed by atoms with Crippen LogP contribution in [0.3, 0.4) is 0 Å². The highest BCUT2D eigenvalue weighted by atomic mass is 19.1. The lowest BCUT2D eigenvalue weighted by molar-refractivity contribution is -0.138. The van der Waals surface area contributed by atoms with Crippen molar-refractivity contribution in [1.82, 2.24) is 15.1 Å². The summed E-state index contributed by atoms with van der Waals surface area (Å²) >= 11 is 0. The third-order valence-corrected chi connectivity index (χ3v) is 4.14. The maximum absolute atomic E-state index is 13.4. The monoisotopic (exact) mass is 345 g/mol. The minimum Gasteiger partial charge on any atom is -0.353 e. The Morgan fingerprint density at radius 2 is 2.08 bits per heavy atom. The van der Waals surface area contributed by atoms with Gasteiger partial charge in [0.2, 0.25) is 11.8 Å². The highest BCUT2D eigenvalue weighted by Gasteiger charge is 2.32. The predicted octanol–water partition coefficient (Wildman–Crippen LogP) is 1.72. The largest absolute Gasteiger partial charge is 0.353 e. The Bertz CT molecular complexity index is 637. The summed E-state index contributed by atoms with van der Waals surface area (Å²) in [7, 11) is 0. The van der Waals surface area contributed by atoms with Gasteiger partial charge in [-0.1, -0.05) is 24.3 Å². The van der Waals surface area contributed by atoms with E-state index in [1.165, 1.54) is 12.1 Å². The van der Waals surface area contributed by atoms with E-state index in [1.54, 1.807) is 23.1 Å². The van der Waals surface area contributed by atoms with Crippen LogP contribution in [0.25, 0.3) is 0 Å². The van der Waals surface area contributed by atoms with Crippen LogP contribution in [0.15, 0.2) is 49.6 Å². The van der Waals surface area contributed by atoms with Crippen LogP contribution >= 0.6 is 0 Å². The van der Waals surface area contributed by atoms with Gasteiger partial charge in [-0.3, -0.25) is 14.5 Å². The molecule has 1 aliphatic rings. The molecule has 1 aromatic carbocycles. The molecule has 1 aliphatic heterocycles. The van der Waals surface area contributed by atoms with Gasteiger partial charge in [-0.2, -0.15) is 0 Å². The molecule has 0 spiro atoms. The van der Waals surface area contributed by atoms with Crippen molar-refractivity contribution in [2.24, 2.45) is 0 Å². The van der Waals surface area contributed by atoms with Gasteiger partial charge in [0.05, 0.1) is 12.5 Å². The second kappa shape index (κ2) is 9.13. The molecule has 1 unspecified atom stereocenters. The molecular formula is C19H24FN3O2. The molecule has 1 fully saturated rings. The molecule has 25 heavy (non-hydrogen) atoms. The summed E-state index contributed by atoms with van der Waals surface area (Å²) < 4.78 is 13.4. The molecule has 6 heteroatoms. The van der Waals surface area contributed by atoms with Crippen LogP contribution in [0.2, 0.25) is 0 Å². The minimum absolute atomic E-state index is 0.0723. The quantitative estimate of drug-likeness (QED) is 0.730. The van der Waals surface area contributed by atoms with Crippen molar-refractivity contribution in [3.63, 3.8) is 0 Å². The van der Waals surface area contributed by atoms with E-state index in [0.717, 1.165) is 5.56 Å². The van der Waals surface area contributed by atoms with Gasteiger partial charge in [-0.05, 0) is 17.7 Å². The summed E-state index contributed by atoms with van der Waals surface area (Å²) in [6.07, 6.45) is 3.36. The van der Waals surface area contributed by atoms with Gasteiger partial charge in [0.25, 0.3) is 0 Å². The molecule has 1 aromatic rings. The molecule has 1 saturated heterocycles. The van der Waals surface area contributed by atoms with Gasteiger partial charge in [0.1, 0.15) is 5.82 Å². The van der Waals surface area contributed by atoms with Crippen LogP contribution in [0.4, 0.5) is 4.39 Å². The van der Waals surface area contributed by atoms with Crippen molar-refractivity contribution in [2.45, 2.75) is 19.0 Å². The van der Waals surface area contributed by atoms with E-state index in [-0.39, 0.29) is 24.1 Å². The lowest BCUT2D eigenvalue weighted by atomic mass is 10.1. The van der Waals surface area contributed by atoms with E-state index in [9.17, 15) is 14.0 Å². The Hall–Kier alpha value is -2.47. The molecule has 0 aromatic heterocycles. The number of amides is 2. The van der Waals surface area contributed by atoms with E-state index in [2.05, 4.69) is 18.5 Å². The van der Waals surface area contributed by atoms with Gasteiger partial charge in [0, 0.05) is 32.7 Å². The molecule has 5 nitrogen and oxygen atoms in total. The fourth-order valence-electron chi connectivity index (χ4n) is 2.93. The number of benzene rings is 1. The van der Waals surface area contributed by atoms with E-state index in [1.807, 2.05) is 11.0 Å². The number of hydrogen-bond acceptors (Lipinski definition) is 3. The maximum atomic E-state index is 13.4. The van der Waals surface area contributed by atoms with Crippen molar-refractivity contribution in [3.8, 4) is 0 Å². The molecule has 2 rings (SSSR count). The van der Waals surface area contributed by atoms with Crippen LogP contribution in [0.1, 0.15) is 12.0 Å². The lowest BCUT2D eigenvalue weighted by Crippen LogP contribution is -2.56. The highest BCUT2D eigenvalue weighted by molar-refractivity contribution is 5.89. The smallest absolute Gasteiger partial charge is 0.237 e. The number of nitrogens with zero attached hydrogens (tertiary/aromatic N) is 2. The number of rotatable bonds is 8. The first-order chi connectivity index (χ1) is 12.0. The van der Waals surface area contributed by atoms with Gasteiger partial charge >= 0.3 is 0 Å². The average Bonchev–Trinajstić information content (AvgIpc) is 2.57. The van der Waals surface area contributed by atoms with Gasteiger partial charge in [0.15, 0.2) is 0 Å².